The lowest BCUT2D eigenvalue weighted by molar-refractivity contribution is -0.137. The van der Waals surface area contributed by atoms with E-state index in [1.165, 1.54) is 17.4 Å². The molecule has 2 aromatic rings. The molecule has 2 N–H and O–H groups in total. The van der Waals surface area contributed by atoms with Gasteiger partial charge in [0.2, 0.25) is 5.91 Å². The lowest BCUT2D eigenvalue weighted by Crippen LogP contribution is -2.53. The summed E-state index contributed by atoms with van der Waals surface area (Å²) in [5, 5.41) is 0.704. The standard InChI is InChI=1S/C15H17F3N4OS/c1-9(13(19)23)21-4-6-22(7-5-21)14-20-11-8-10(15(16,17)18)2-3-12(11)24-14/h2-3,8-9H,4-7H2,1H3,(H2,19,23). The number of nitrogens with zero attached hydrogens (tertiary/aromatic N) is 3. The van der Waals surface area contributed by atoms with E-state index in [0.717, 1.165) is 16.8 Å². The average Bonchev–Trinajstić information content (AvgIpc) is 2.96. The molecule has 0 radical (unpaired) electrons. The Balaban J connectivity index is 1.75. The van der Waals surface area contributed by atoms with Gasteiger partial charge in [-0.1, -0.05) is 11.3 Å². The van der Waals surface area contributed by atoms with Crippen molar-refractivity contribution in [3.63, 3.8) is 0 Å². The van der Waals surface area contributed by atoms with E-state index in [-0.39, 0.29) is 11.9 Å². The zero-order chi connectivity index (χ0) is 17.5. The van der Waals surface area contributed by atoms with Crippen LogP contribution in [0.1, 0.15) is 12.5 Å². The van der Waals surface area contributed by atoms with E-state index in [4.69, 9.17) is 5.73 Å². The Bertz CT molecular complexity index is 753. The predicted molar refractivity (Wildman–Crippen MR) is 87.1 cm³/mol. The highest BCUT2D eigenvalue weighted by atomic mass is 32.1. The van der Waals surface area contributed by atoms with Gasteiger partial charge in [-0.25, -0.2) is 4.98 Å². The molecule has 3 rings (SSSR count). The first kappa shape index (κ1) is 17.0. The molecular weight excluding hydrogens is 341 g/mol. The lowest BCUT2D eigenvalue weighted by atomic mass is 10.2. The molecule has 24 heavy (non-hydrogen) atoms. The quantitative estimate of drug-likeness (QED) is 0.915. The molecular formula is C15H17F3N4OS. The Hall–Kier alpha value is -1.87. The number of hydrogen-bond donors (Lipinski definition) is 1. The zero-order valence-electron chi connectivity index (χ0n) is 13.0. The Morgan fingerprint density at radius 1 is 1.29 bits per heavy atom. The van der Waals surface area contributed by atoms with Gasteiger partial charge in [0.1, 0.15) is 0 Å². The van der Waals surface area contributed by atoms with Gasteiger partial charge in [0.15, 0.2) is 5.13 Å². The van der Waals surface area contributed by atoms with Gasteiger partial charge < -0.3 is 10.6 Å². The van der Waals surface area contributed by atoms with Crippen molar-refractivity contribution in [2.45, 2.75) is 19.1 Å². The molecule has 2 heterocycles. The van der Waals surface area contributed by atoms with Crippen molar-refractivity contribution in [1.29, 1.82) is 0 Å². The molecule has 0 saturated carbocycles. The SMILES string of the molecule is CC(C(N)=O)N1CCN(c2nc3cc(C(F)(F)F)ccc3s2)CC1. The third kappa shape index (κ3) is 3.32. The van der Waals surface area contributed by atoms with E-state index in [0.29, 0.717) is 36.8 Å². The van der Waals surface area contributed by atoms with Gasteiger partial charge >= 0.3 is 6.18 Å². The first-order valence-electron chi connectivity index (χ1n) is 7.52. The Kier molecular flexibility index (Phi) is 4.39. The van der Waals surface area contributed by atoms with Crippen molar-refractivity contribution < 1.29 is 18.0 Å². The fourth-order valence-corrected chi connectivity index (χ4v) is 3.70. The number of amides is 1. The second kappa shape index (κ2) is 6.21. The second-order valence-corrected chi connectivity index (χ2v) is 6.79. The molecule has 1 unspecified atom stereocenters. The Morgan fingerprint density at radius 2 is 1.96 bits per heavy atom. The summed E-state index contributed by atoms with van der Waals surface area (Å²) in [5.74, 6) is -0.358. The number of rotatable bonds is 3. The van der Waals surface area contributed by atoms with Gasteiger partial charge in [-0.05, 0) is 25.1 Å². The maximum atomic E-state index is 12.8. The summed E-state index contributed by atoms with van der Waals surface area (Å²) >= 11 is 1.38. The monoisotopic (exact) mass is 358 g/mol. The van der Waals surface area contributed by atoms with Crippen LogP contribution in [0, 0.1) is 0 Å². The normalized spacial score (nSPS) is 18.1. The third-order valence-corrected chi connectivity index (χ3v) is 5.35. The van der Waals surface area contributed by atoms with Crippen LogP contribution in [0.15, 0.2) is 18.2 Å². The molecule has 1 aromatic carbocycles. The van der Waals surface area contributed by atoms with Gasteiger partial charge in [0.05, 0.1) is 21.8 Å². The van der Waals surface area contributed by atoms with Gasteiger partial charge in [0, 0.05) is 26.2 Å². The first-order valence-corrected chi connectivity index (χ1v) is 8.33. The van der Waals surface area contributed by atoms with Crippen LogP contribution in [0.25, 0.3) is 10.2 Å². The molecule has 1 amide bonds. The number of alkyl halides is 3. The van der Waals surface area contributed by atoms with E-state index < -0.39 is 11.7 Å². The van der Waals surface area contributed by atoms with Crippen molar-refractivity contribution in [3.05, 3.63) is 23.8 Å². The number of nitrogens with two attached hydrogens (primary N) is 1. The molecule has 130 valence electrons. The van der Waals surface area contributed by atoms with E-state index in [1.54, 1.807) is 6.92 Å². The van der Waals surface area contributed by atoms with Gasteiger partial charge in [-0.15, -0.1) is 0 Å². The van der Waals surface area contributed by atoms with Crippen LogP contribution < -0.4 is 10.6 Å². The number of hydrogen-bond acceptors (Lipinski definition) is 5. The number of benzene rings is 1. The fourth-order valence-electron chi connectivity index (χ4n) is 2.71. The lowest BCUT2D eigenvalue weighted by Gasteiger charge is -2.36. The number of carbonyl (C=O) groups is 1. The van der Waals surface area contributed by atoms with Crippen molar-refractivity contribution in [2.24, 2.45) is 5.73 Å². The number of fused-ring (bicyclic) bond motifs is 1. The van der Waals surface area contributed by atoms with Crippen molar-refractivity contribution in [2.75, 3.05) is 31.1 Å². The molecule has 1 aliphatic rings. The van der Waals surface area contributed by atoms with Crippen LogP contribution in [0.5, 0.6) is 0 Å². The number of primary amides is 1. The van der Waals surface area contributed by atoms with Gasteiger partial charge in [-0.3, -0.25) is 9.69 Å². The van der Waals surface area contributed by atoms with Gasteiger partial charge in [0.25, 0.3) is 0 Å². The van der Waals surface area contributed by atoms with Crippen LogP contribution >= 0.6 is 11.3 Å². The van der Waals surface area contributed by atoms with Crippen LogP contribution in [-0.4, -0.2) is 48.0 Å². The number of aromatic nitrogens is 1. The zero-order valence-corrected chi connectivity index (χ0v) is 13.8. The maximum absolute atomic E-state index is 12.8. The molecule has 9 heteroatoms. The largest absolute Gasteiger partial charge is 0.416 e. The van der Waals surface area contributed by atoms with Crippen molar-refractivity contribution in [3.8, 4) is 0 Å². The summed E-state index contributed by atoms with van der Waals surface area (Å²) in [5.41, 5.74) is 4.99. The maximum Gasteiger partial charge on any atom is 0.416 e. The Morgan fingerprint density at radius 3 is 2.54 bits per heavy atom. The minimum atomic E-state index is -4.37. The highest BCUT2D eigenvalue weighted by molar-refractivity contribution is 7.22. The molecule has 0 bridgehead atoms. The molecule has 0 spiro atoms. The molecule has 1 fully saturated rings. The topological polar surface area (TPSA) is 62.5 Å². The van der Waals surface area contributed by atoms with Crippen LogP contribution in [0.4, 0.5) is 18.3 Å². The minimum Gasteiger partial charge on any atom is -0.368 e. The summed E-state index contributed by atoms with van der Waals surface area (Å²) < 4.78 is 39.1. The molecule has 1 aliphatic heterocycles. The first-order chi connectivity index (χ1) is 11.3. The highest BCUT2D eigenvalue weighted by Gasteiger charge is 2.31. The smallest absolute Gasteiger partial charge is 0.368 e. The second-order valence-electron chi connectivity index (χ2n) is 5.78. The molecule has 0 aliphatic carbocycles. The van der Waals surface area contributed by atoms with Crippen LogP contribution in [-0.2, 0) is 11.0 Å². The summed E-state index contributed by atoms with van der Waals surface area (Å²) in [6.45, 7) is 4.41. The number of anilines is 1. The molecule has 1 saturated heterocycles. The van der Waals surface area contributed by atoms with Crippen molar-refractivity contribution in [1.82, 2.24) is 9.88 Å². The van der Waals surface area contributed by atoms with E-state index in [9.17, 15) is 18.0 Å². The van der Waals surface area contributed by atoms with Crippen molar-refractivity contribution >= 4 is 32.6 Å². The average molecular weight is 358 g/mol. The number of thiazole rings is 1. The number of carbonyl (C=O) groups excluding carboxylic acids is 1. The molecule has 1 aromatic heterocycles. The molecule has 1 atom stereocenters. The Labute approximate surface area is 140 Å². The number of piperazine rings is 1. The van der Waals surface area contributed by atoms with E-state index in [1.807, 2.05) is 9.80 Å². The van der Waals surface area contributed by atoms with Gasteiger partial charge in [-0.2, -0.15) is 13.2 Å². The predicted octanol–water partition coefficient (Wildman–Crippen LogP) is 2.31. The highest BCUT2D eigenvalue weighted by Crippen LogP contribution is 2.35. The van der Waals surface area contributed by atoms with E-state index in [2.05, 4.69) is 4.98 Å². The van der Waals surface area contributed by atoms with E-state index >= 15 is 0 Å². The summed E-state index contributed by atoms with van der Waals surface area (Å²) in [6, 6.07) is 3.30. The summed E-state index contributed by atoms with van der Waals surface area (Å²) in [6.07, 6.45) is -4.37. The summed E-state index contributed by atoms with van der Waals surface area (Å²) in [7, 11) is 0. The number of halogens is 3. The fraction of sp³-hybridized carbons (Fsp3) is 0.467. The van der Waals surface area contributed by atoms with Crippen LogP contribution in [0.2, 0.25) is 0 Å². The molecule has 5 nitrogen and oxygen atoms in total. The third-order valence-electron chi connectivity index (χ3n) is 4.25. The summed E-state index contributed by atoms with van der Waals surface area (Å²) in [4.78, 5) is 19.6. The van der Waals surface area contributed by atoms with Crippen LogP contribution in [0.3, 0.4) is 0 Å². The minimum absolute atomic E-state index is 0.322.